The van der Waals surface area contributed by atoms with E-state index in [9.17, 15) is 0 Å². The molecule has 0 aliphatic carbocycles. The quantitative estimate of drug-likeness (QED) is 0.421. The van der Waals surface area contributed by atoms with Gasteiger partial charge < -0.3 is 9.47 Å². The van der Waals surface area contributed by atoms with E-state index >= 15 is 0 Å². The Balaban J connectivity index is 1.86. The maximum Gasteiger partial charge on any atom is 0.0859 e. The van der Waals surface area contributed by atoms with E-state index in [0.29, 0.717) is 12.0 Å². The Kier molecular flexibility index (Phi) is 6.20. The molecule has 1 fully saturated rings. The number of epoxide rings is 1. The molecule has 1 saturated heterocycles. The molecular weight excluding hydrogens is 176 g/mol. The summed E-state index contributed by atoms with van der Waals surface area (Å²) < 4.78 is 10.9. The van der Waals surface area contributed by atoms with Crippen LogP contribution in [0.25, 0.3) is 0 Å². The molecule has 0 aromatic carbocycles. The lowest BCUT2D eigenvalue weighted by Crippen LogP contribution is -2.15. The van der Waals surface area contributed by atoms with Gasteiger partial charge in [-0.3, -0.25) is 0 Å². The third-order valence-corrected chi connectivity index (χ3v) is 2.88. The number of ether oxygens (including phenoxy) is 2. The molecule has 1 aliphatic rings. The topological polar surface area (TPSA) is 21.8 Å². The molecule has 0 radical (unpaired) electrons. The lowest BCUT2D eigenvalue weighted by molar-refractivity contribution is 0.0836. The van der Waals surface area contributed by atoms with Gasteiger partial charge in [-0.15, -0.1) is 0 Å². The van der Waals surface area contributed by atoms with Crippen molar-refractivity contribution >= 4 is 0 Å². The molecule has 1 heterocycles. The molecular formula is C12H24O2. The standard InChI is InChI=1S/C12H24O2/c1-3-5-6-7-8-13-9-11(4-2)12-10-14-12/h11-12H,3-10H2,1-2H3. The molecule has 0 bridgehead atoms. The second-order valence-corrected chi connectivity index (χ2v) is 4.18. The van der Waals surface area contributed by atoms with Crippen molar-refractivity contribution in [1.29, 1.82) is 0 Å². The van der Waals surface area contributed by atoms with E-state index in [1.165, 1.54) is 32.1 Å². The molecule has 0 aromatic heterocycles. The van der Waals surface area contributed by atoms with E-state index in [0.717, 1.165) is 19.8 Å². The first-order valence-corrected chi connectivity index (χ1v) is 6.07. The average Bonchev–Trinajstić information content (AvgIpc) is 3.01. The van der Waals surface area contributed by atoms with Crippen LogP contribution in [0.15, 0.2) is 0 Å². The van der Waals surface area contributed by atoms with Gasteiger partial charge in [0.25, 0.3) is 0 Å². The largest absolute Gasteiger partial charge is 0.381 e. The van der Waals surface area contributed by atoms with Gasteiger partial charge in [0.2, 0.25) is 0 Å². The van der Waals surface area contributed by atoms with Crippen molar-refractivity contribution in [3.63, 3.8) is 0 Å². The number of rotatable bonds is 9. The van der Waals surface area contributed by atoms with E-state index in [-0.39, 0.29) is 0 Å². The molecule has 0 amide bonds. The predicted octanol–water partition coefficient (Wildman–Crippen LogP) is 3.01. The fourth-order valence-electron chi connectivity index (χ4n) is 1.68. The number of hydrogen-bond donors (Lipinski definition) is 0. The molecule has 0 saturated carbocycles. The van der Waals surface area contributed by atoms with E-state index in [2.05, 4.69) is 13.8 Å². The van der Waals surface area contributed by atoms with Crippen molar-refractivity contribution < 1.29 is 9.47 Å². The summed E-state index contributed by atoms with van der Waals surface area (Å²) in [5.74, 6) is 0.640. The average molecular weight is 200 g/mol. The van der Waals surface area contributed by atoms with Gasteiger partial charge in [0.15, 0.2) is 0 Å². The summed E-state index contributed by atoms with van der Waals surface area (Å²) in [4.78, 5) is 0. The lowest BCUT2D eigenvalue weighted by Gasteiger charge is -2.11. The van der Waals surface area contributed by atoms with Crippen molar-refractivity contribution in [2.24, 2.45) is 5.92 Å². The minimum absolute atomic E-state index is 0.510. The third-order valence-electron chi connectivity index (χ3n) is 2.88. The molecule has 84 valence electrons. The van der Waals surface area contributed by atoms with Crippen molar-refractivity contribution in [1.82, 2.24) is 0 Å². The highest BCUT2D eigenvalue weighted by molar-refractivity contribution is 4.77. The second-order valence-electron chi connectivity index (χ2n) is 4.18. The van der Waals surface area contributed by atoms with Crippen LogP contribution in [0, 0.1) is 5.92 Å². The molecule has 0 spiro atoms. The molecule has 2 nitrogen and oxygen atoms in total. The minimum Gasteiger partial charge on any atom is -0.381 e. The maximum atomic E-state index is 5.65. The number of unbranched alkanes of at least 4 members (excludes halogenated alkanes) is 3. The van der Waals surface area contributed by atoms with E-state index < -0.39 is 0 Å². The van der Waals surface area contributed by atoms with Crippen LogP contribution in [0.3, 0.4) is 0 Å². The molecule has 1 aliphatic heterocycles. The Morgan fingerprint density at radius 1 is 1.29 bits per heavy atom. The summed E-state index contributed by atoms with van der Waals surface area (Å²) in [6, 6.07) is 0. The van der Waals surface area contributed by atoms with Gasteiger partial charge in [0.1, 0.15) is 0 Å². The zero-order chi connectivity index (χ0) is 10.2. The highest BCUT2D eigenvalue weighted by atomic mass is 16.6. The van der Waals surface area contributed by atoms with Crippen molar-refractivity contribution in [2.45, 2.75) is 52.1 Å². The van der Waals surface area contributed by atoms with Crippen molar-refractivity contribution in [2.75, 3.05) is 19.8 Å². The molecule has 0 N–H and O–H groups in total. The zero-order valence-electron chi connectivity index (χ0n) is 9.63. The van der Waals surface area contributed by atoms with Gasteiger partial charge >= 0.3 is 0 Å². The summed E-state index contributed by atoms with van der Waals surface area (Å²) >= 11 is 0. The predicted molar refractivity (Wildman–Crippen MR) is 58.5 cm³/mol. The number of hydrogen-bond acceptors (Lipinski definition) is 2. The smallest absolute Gasteiger partial charge is 0.0859 e. The first-order chi connectivity index (χ1) is 6.88. The summed E-state index contributed by atoms with van der Waals surface area (Å²) in [7, 11) is 0. The van der Waals surface area contributed by atoms with Crippen molar-refractivity contribution in [3.8, 4) is 0 Å². The van der Waals surface area contributed by atoms with E-state index in [1.807, 2.05) is 0 Å². The Labute approximate surface area is 88.0 Å². The Bertz CT molecular complexity index is 132. The fourth-order valence-corrected chi connectivity index (χ4v) is 1.68. The summed E-state index contributed by atoms with van der Waals surface area (Å²) in [5, 5.41) is 0. The van der Waals surface area contributed by atoms with Gasteiger partial charge in [-0.2, -0.15) is 0 Å². The Hall–Kier alpha value is -0.0800. The minimum atomic E-state index is 0.510. The zero-order valence-corrected chi connectivity index (χ0v) is 9.63. The fraction of sp³-hybridized carbons (Fsp3) is 1.00. The first kappa shape index (κ1) is 12.0. The van der Waals surface area contributed by atoms with Crippen LogP contribution >= 0.6 is 0 Å². The monoisotopic (exact) mass is 200 g/mol. The normalized spacial score (nSPS) is 22.3. The van der Waals surface area contributed by atoms with Gasteiger partial charge in [-0.1, -0.05) is 33.1 Å². The molecule has 1 rings (SSSR count). The van der Waals surface area contributed by atoms with Crippen LogP contribution in [0.1, 0.15) is 46.0 Å². The van der Waals surface area contributed by atoms with Crippen LogP contribution in [-0.4, -0.2) is 25.9 Å². The van der Waals surface area contributed by atoms with Crippen molar-refractivity contribution in [3.05, 3.63) is 0 Å². The van der Waals surface area contributed by atoms with Crippen LogP contribution < -0.4 is 0 Å². The molecule has 14 heavy (non-hydrogen) atoms. The highest BCUT2D eigenvalue weighted by Crippen LogP contribution is 2.23. The van der Waals surface area contributed by atoms with Crippen LogP contribution in [-0.2, 0) is 9.47 Å². The maximum absolute atomic E-state index is 5.65. The van der Waals surface area contributed by atoms with Gasteiger partial charge in [0.05, 0.1) is 19.3 Å². The Morgan fingerprint density at radius 3 is 2.64 bits per heavy atom. The molecule has 2 atom stereocenters. The molecule has 2 unspecified atom stereocenters. The summed E-state index contributed by atoms with van der Waals surface area (Å²) in [6.07, 6.45) is 6.86. The van der Waals surface area contributed by atoms with Crippen LogP contribution in [0.5, 0.6) is 0 Å². The molecule has 2 heteroatoms. The summed E-state index contributed by atoms with van der Waals surface area (Å²) in [6.45, 7) is 7.24. The first-order valence-electron chi connectivity index (χ1n) is 6.07. The van der Waals surface area contributed by atoms with Gasteiger partial charge in [-0.05, 0) is 12.8 Å². The van der Waals surface area contributed by atoms with E-state index in [1.54, 1.807) is 0 Å². The molecule has 0 aromatic rings. The van der Waals surface area contributed by atoms with E-state index in [4.69, 9.17) is 9.47 Å². The van der Waals surface area contributed by atoms with Gasteiger partial charge in [0, 0.05) is 12.5 Å². The highest BCUT2D eigenvalue weighted by Gasteiger charge is 2.31. The summed E-state index contributed by atoms with van der Waals surface area (Å²) in [5.41, 5.74) is 0. The third kappa shape index (κ3) is 4.97. The SMILES string of the molecule is CCCCCCOCC(CC)C1CO1. The van der Waals surface area contributed by atoms with Gasteiger partial charge in [-0.25, -0.2) is 0 Å². The second kappa shape index (κ2) is 7.24. The van der Waals surface area contributed by atoms with Crippen LogP contribution in [0.4, 0.5) is 0 Å². The lowest BCUT2D eigenvalue weighted by atomic mass is 10.0. The van der Waals surface area contributed by atoms with Crippen LogP contribution in [0.2, 0.25) is 0 Å². The Morgan fingerprint density at radius 2 is 2.07 bits per heavy atom.